The van der Waals surface area contributed by atoms with Gasteiger partial charge in [0.1, 0.15) is 5.82 Å². The van der Waals surface area contributed by atoms with Gasteiger partial charge in [-0.3, -0.25) is 0 Å². The average Bonchev–Trinajstić information content (AvgIpc) is 2.71. The Hall–Kier alpha value is -1.95. The molecule has 1 aromatic carbocycles. The van der Waals surface area contributed by atoms with Gasteiger partial charge in [0.05, 0.1) is 0 Å². The van der Waals surface area contributed by atoms with Gasteiger partial charge in [-0.25, -0.2) is 4.39 Å². The van der Waals surface area contributed by atoms with Crippen LogP contribution < -0.4 is 11.1 Å². The van der Waals surface area contributed by atoms with Gasteiger partial charge in [0.2, 0.25) is 5.89 Å². The lowest BCUT2D eigenvalue weighted by Crippen LogP contribution is -2.02. The number of aromatic nitrogens is 2. The minimum atomic E-state index is -0.276. The van der Waals surface area contributed by atoms with E-state index in [0.29, 0.717) is 18.9 Å². The third kappa shape index (κ3) is 2.79. The van der Waals surface area contributed by atoms with Crippen molar-refractivity contribution in [3.8, 4) is 0 Å². The van der Waals surface area contributed by atoms with Gasteiger partial charge in [-0.15, -0.1) is 5.10 Å². The van der Waals surface area contributed by atoms with E-state index >= 15 is 0 Å². The van der Waals surface area contributed by atoms with Crippen LogP contribution in [-0.2, 0) is 6.42 Å². The molecule has 0 aliphatic carbocycles. The molecule has 0 saturated heterocycles. The number of halogens is 1. The predicted molar refractivity (Wildman–Crippen MR) is 61.5 cm³/mol. The maximum atomic E-state index is 12.9. The van der Waals surface area contributed by atoms with Crippen molar-refractivity contribution in [3.63, 3.8) is 0 Å². The summed E-state index contributed by atoms with van der Waals surface area (Å²) in [5.41, 5.74) is 6.87. The van der Waals surface area contributed by atoms with Crippen LogP contribution in [0, 0.1) is 12.7 Å². The smallest absolute Gasteiger partial charge is 0.320 e. The highest BCUT2D eigenvalue weighted by atomic mass is 19.1. The fourth-order valence-corrected chi connectivity index (χ4v) is 1.41. The molecule has 0 atom stereocenters. The molecule has 0 unspecified atom stereocenters. The summed E-state index contributed by atoms with van der Waals surface area (Å²) in [5.74, 6) is 0.206. The maximum absolute atomic E-state index is 12.9. The zero-order chi connectivity index (χ0) is 12.3. The number of anilines is 2. The average molecular weight is 236 g/mol. The highest BCUT2D eigenvalue weighted by molar-refractivity contribution is 5.56. The lowest BCUT2D eigenvalue weighted by molar-refractivity contribution is 0.509. The van der Waals surface area contributed by atoms with Crippen LogP contribution in [0.1, 0.15) is 11.5 Å². The first-order valence-electron chi connectivity index (χ1n) is 5.24. The number of hydrogen-bond donors (Lipinski definition) is 2. The summed E-state index contributed by atoms with van der Waals surface area (Å²) in [6, 6.07) is 4.70. The van der Waals surface area contributed by atoms with Crippen molar-refractivity contribution in [1.29, 1.82) is 0 Å². The van der Waals surface area contributed by atoms with Crippen molar-refractivity contribution in [2.24, 2.45) is 5.73 Å². The molecule has 0 saturated carbocycles. The molecule has 17 heavy (non-hydrogen) atoms. The van der Waals surface area contributed by atoms with Gasteiger partial charge < -0.3 is 15.5 Å². The Kier molecular flexibility index (Phi) is 3.34. The van der Waals surface area contributed by atoms with Crippen molar-refractivity contribution >= 4 is 11.7 Å². The third-order valence-corrected chi connectivity index (χ3v) is 2.26. The van der Waals surface area contributed by atoms with Crippen LogP contribution in [0.15, 0.2) is 22.6 Å². The van der Waals surface area contributed by atoms with E-state index in [1.165, 1.54) is 12.1 Å². The predicted octanol–water partition coefficient (Wildman–Crippen LogP) is 1.76. The number of nitrogens with zero attached hydrogens (tertiary/aromatic N) is 2. The second kappa shape index (κ2) is 4.92. The van der Waals surface area contributed by atoms with Gasteiger partial charge in [-0.2, -0.15) is 0 Å². The molecule has 0 fully saturated rings. The Morgan fingerprint density at radius 1 is 1.41 bits per heavy atom. The van der Waals surface area contributed by atoms with Gasteiger partial charge in [0.15, 0.2) is 0 Å². The van der Waals surface area contributed by atoms with Crippen LogP contribution in [0.3, 0.4) is 0 Å². The van der Waals surface area contributed by atoms with Crippen LogP contribution in [0.4, 0.5) is 16.1 Å². The number of rotatable bonds is 4. The van der Waals surface area contributed by atoms with E-state index in [9.17, 15) is 4.39 Å². The summed E-state index contributed by atoms with van der Waals surface area (Å²) in [6.07, 6.45) is 0.539. The van der Waals surface area contributed by atoms with Crippen molar-refractivity contribution in [2.75, 3.05) is 11.9 Å². The van der Waals surface area contributed by atoms with Gasteiger partial charge in [-0.05, 0) is 30.7 Å². The minimum absolute atomic E-state index is 0.276. The normalized spacial score (nSPS) is 10.5. The largest absolute Gasteiger partial charge is 0.408 e. The van der Waals surface area contributed by atoms with Crippen LogP contribution in [0.25, 0.3) is 0 Å². The molecule has 90 valence electrons. The summed E-state index contributed by atoms with van der Waals surface area (Å²) in [5, 5.41) is 10.6. The molecule has 2 rings (SSSR count). The van der Waals surface area contributed by atoms with Gasteiger partial charge in [-0.1, -0.05) is 5.10 Å². The summed E-state index contributed by atoms with van der Waals surface area (Å²) in [4.78, 5) is 0. The molecule has 0 bridgehead atoms. The lowest BCUT2D eigenvalue weighted by atomic mass is 10.2. The van der Waals surface area contributed by atoms with E-state index in [1.54, 1.807) is 13.0 Å². The Bertz CT molecular complexity index is 512. The minimum Gasteiger partial charge on any atom is -0.408 e. The topological polar surface area (TPSA) is 77.0 Å². The molecule has 0 aliphatic rings. The number of nitrogens with two attached hydrogens (primary N) is 1. The van der Waals surface area contributed by atoms with Crippen LogP contribution in [0.2, 0.25) is 0 Å². The van der Waals surface area contributed by atoms with E-state index in [-0.39, 0.29) is 11.8 Å². The van der Waals surface area contributed by atoms with Gasteiger partial charge in [0, 0.05) is 18.7 Å². The Morgan fingerprint density at radius 3 is 2.94 bits per heavy atom. The molecular formula is C11H13FN4O. The molecule has 2 aromatic rings. The first-order valence-corrected chi connectivity index (χ1v) is 5.24. The van der Waals surface area contributed by atoms with Crippen molar-refractivity contribution in [3.05, 3.63) is 35.5 Å². The Labute approximate surface area is 97.8 Å². The second-order valence-electron chi connectivity index (χ2n) is 3.62. The highest BCUT2D eigenvalue weighted by Crippen LogP contribution is 2.20. The van der Waals surface area contributed by atoms with Crippen molar-refractivity contribution in [2.45, 2.75) is 13.3 Å². The zero-order valence-electron chi connectivity index (χ0n) is 9.40. The summed E-state index contributed by atoms with van der Waals surface area (Å²) in [6.45, 7) is 2.25. The fraction of sp³-hybridized carbons (Fsp3) is 0.273. The number of hydrogen-bond acceptors (Lipinski definition) is 5. The van der Waals surface area contributed by atoms with E-state index in [4.69, 9.17) is 10.2 Å². The lowest BCUT2D eigenvalue weighted by Gasteiger charge is -2.04. The number of nitrogens with one attached hydrogen (secondary N) is 1. The third-order valence-electron chi connectivity index (χ3n) is 2.26. The number of aryl methyl sites for hydroxylation is 1. The van der Waals surface area contributed by atoms with Crippen molar-refractivity contribution in [1.82, 2.24) is 10.2 Å². The standard InChI is InChI=1S/C11H13FN4O/c1-7-6-8(12)2-3-9(7)14-11-16-15-10(17-11)4-5-13/h2-3,6H,4-5,13H2,1H3,(H,14,16). The molecule has 0 aliphatic heterocycles. The Balaban J connectivity index is 2.13. The van der Waals surface area contributed by atoms with Gasteiger partial charge in [0.25, 0.3) is 0 Å². The van der Waals surface area contributed by atoms with Crippen LogP contribution in [-0.4, -0.2) is 16.7 Å². The SMILES string of the molecule is Cc1cc(F)ccc1Nc1nnc(CCN)o1. The maximum Gasteiger partial charge on any atom is 0.320 e. The summed E-state index contributed by atoms with van der Waals surface area (Å²) >= 11 is 0. The van der Waals surface area contributed by atoms with Crippen LogP contribution in [0.5, 0.6) is 0 Å². The fourth-order valence-electron chi connectivity index (χ4n) is 1.41. The van der Waals surface area contributed by atoms with Gasteiger partial charge >= 0.3 is 6.01 Å². The zero-order valence-corrected chi connectivity index (χ0v) is 9.40. The molecule has 1 aromatic heterocycles. The molecule has 0 amide bonds. The molecule has 3 N–H and O–H groups in total. The molecule has 0 spiro atoms. The molecular weight excluding hydrogens is 223 g/mol. The van der Waals surface area contributed by atoms with E-state index in [0.717, 1.165) is 11.3 Å². The van der Waals surface area contributed by atoms with Crippen LogP contribution >= 0.6 is 0 Å². The molecule has 1 heterocycles. The first kappa shape index (κ1) is 11.5. The summed E-state index contributed by atoms with van der Waals surface area (Å²) in [7, 11) is 0. The molecule has 0 radical (unpaired) electrons. The number of benzene rings is 1. The first-order chi connectivity index (χ1) is 8.19. The Morgan fingerprint density at radius 2 is 2.24 bits per heavy atom. The quantitative estimate of drug-likeness (QED) is 0.845. The second-order valence-corrected chi connectivity index (χ2v) is 3.62. The monoisotopic (exact) mass is 236 g/mol. The van der Waals surface area contributed by atoms with Crippen molar-refractivity contribution < 1.29 is 8.81 Å². The summed E-state index contributed by atoms with van der Waals surface area (Å²) < 4.78 is 18.2. The molecule has 5 nitrogen and oxygen atoms in total. The highest BCUT2D eigenvalue weighted by Gasteiger charge is 2.07. The van der Waals surface area contributed by atoms with E-state index < -0.39 is 0 Å². The molecule has 6 heteroatoms. The van der Waals surface area contributed by atoms with E-state index in [2.05, 4.69) is 15.5 Å². The van der Waals surface area contributed by atoms with E-state index in [1.807, 2.05) is 0 Å².